The average molecular weight is 458 g/mol. The van der Waals surface area contributed by atoms with Crippen LogP contribution in [0.15, 0.2) is 69.2 Å². The van der Waals surface area contributed by atoms with Crippen molar-refractivity contribution < 1.29 is 4.92 Å². The number of hydrogen-bond acceptors (Lipinski definition) is 6. The number of nitro benzene ring substituents is 1. The highest BCUT2D eigenvalue weighted by molar-refractivity contribution is 9.10. The van der Waals surface area contributed by atoms with Gasteiger partial charge in [0.1, 0.15) is 0 Å². The van der Waals surface area contributed by atoms with E-state index in [0.29, 0.717) is 16.6 Å². The van der Waals surface area contributed by atoms with Gasteiger partial charge in [-0.25, -0.2) is 9.78 Å². The summed E-state index contributed by atoms with van der Waals surface area (Å²) in [5, 5.41) is 15.3. The fraction of sp³-hybridized carbons (Fsp3) is 0.0556. The Morgan fingerprint density at radius 2 is 1.86 bits per heavy atom. The molecule has 0 aliphatic rings. The standard InChI is InChI=1S/C18H12BrN5O3S/c19-13-5-3-12(4-6-13)15-9-20-23-16(15)21-17(22-18(23)25)28-10-11-1-7-14(8-2-11)24(26)27/h1-9H,10H2,(H,21,22,25). The molecule has 0 aliphatic heterocycles. The van der Waals surface area contributed by atoms with Crippen LogP contribution < -0.4 is 5.69 Å². The zero-order valence-electron chi connectivity index (χ0n) is 14.2. The molecular formula is C18H12BrN5O3S. The number of non-ortho nitro benzene ring substituents is 1. The summed E-state index contributed by atoms with van der Waals surface area (Å²) in [5.41, 5.74) is 2.69. The molecule has 2 aromatic carbocycles. The Hall–Kier alpha value is -2.98. The van der Waals surface area contributed by atoms with Crippen molar-refractivity contribution in [2.45, 2.75) is 10.9 Å². The fourth-order valence-corrected chi connectivity index (χ4v) is 3.70. The Balaban J connectivity index is 1.62. The topological polar surface area (TPSA) is 106 Å². The van der Waals surface area contributed by atoms with Crippen molar-refractivity contribution in [1.29, 1.82) is 0 Å². The Bertz CT molecular complexity index is 1220. The molecule has 2 aromatic heterocycles. The van der Waals surface area contributed by atoms with Crippen molar-refractivity contribution in [3.05, 3.63) is 85.4 Å². The number of H-pyrrole nitrogens is 1. The molecule has 0 atom stereocenters. The van der Waals surface area contributed by atoms with Crippen LogP contribution in [-0.4, -0.2) is 24.5 Å². The Morgan fingerprint density at radius 1 is 1.14 bits per heavy atom. The number of nitrogens with zero attached hydrogens (tertiary/aromatic N) is 4. The number of benzene rings is 2. The van der Waals surface area contributed by atoms with Gasteiger partial charge < -0.3 is 0 Å². The van der Waals surface area contributed by atoms with Gasteiger partial charge in [-0.3, -0.25) is 15.1 Å². The Labute approximate surface area is 170 Å². The van der Waals surface area contributed by atoms with E-state index in [1.807, 2.05) is 24.3 Å². The van der Waals surface area contributed by atoms with Gasteiger partial charge in [0.2, 0.25) is 0 Å². The second-order valence-corrected chi connectivity index (χ2v) is 7.74. The highest BCUT2D eigenvalue weighted by Gasteiger charge is 2.13. The molecular weight excluding hydrogens is 446 g/mol. The molecule has 0 saturated carbocycles. The first-order chi connectivity index (χ1) is 13.5. The third-order valence-electron chi connectivity index (χ3n) is 4.04. The number of fused-ring (bicyclic) bond motifs is 1. The van der Waals surface area contributed by atoms with Gasteiger partial charge in [0.25, 0.3) is 5.69 Å². The molecule has 0 fully saturated rings. The van der Waals surface area contributed by atoms with E-state index in [4.69, 9.17) is 0 Å². The molecule has 140 valence electrons. The lowest BCUT2D eigenvalue weighted by molar-refractivity contribution is -0.384. The normalized spacial score (nSPS) is 11.0. The van der Waals surface area contributed by atoms with Crippen molar-refractivity contribution in [1.82, 2.24) is 19.6 Å². The molecule has 4 rings (SSSR count). The maximum Gasteiger partial charge on any atom is 0.350 e. The number of nitro groups is 1. The van der Waals surface area contributed by atoms with Gasteiger partial charge in [-0.05, 0) is 23.3 Å². The summed E-state index contributed by atoms with van der Waals surface area (Å²) in [5.74, 6) is 0.513. The fourth-order valence-electron chi connectivity index (χ4n) is 2.63. The second kappa shape index (κ2) is 7.56. The van der Waals surface area contributed by atoms with E-state index in [2.05, 4.69) is 31.0 Å². The minimum absolute atomic E-state index is 0.0418. The van der Waals surface area contributed by atoms with Crippen LogP contribution in [0, 0.1) is 10.1 Å². The summed E-state index contributed by atoms with van der Waals surface area (Å²) in [6.45, 7) is 0. The number of aromatic nitrogens is 4. The molecule has 10 heteroatoms. The average Bonchev–Trinajstić information content (AvgIpc) is 3.12. The Kier molecular flexibility index (Phi) is 4.97. The van der Waals surface area contributed by atoms with Gasteiger partial charge in [-0.1, -0.05) is 52.0 Å². The quantitative estimate of drug-likeness (QED) is 0.275. The molecule has 1 N–H and O–H groups in total. The van der Waals surface area contributed by atoms with Crippen LogP contribution in [-0.2, 0) is 5.75 Å². The van der Waals surface area contributed by atoms with E-state index in [-0.39, 0.29) is 11.4 Å². The first-order valence-electron chi connectivity index (χ1n) is 8.11. The smallest absolute Gasteiger partial charge is 0.285 e. The molecule has 0 bridgehead atoms. The predicted molar refractivity (Wildman–Crippen MR) is 109 cm³/mol. The van der Waals surface area contributed by atoms with Crippen molar-refractivity contribution >= 4 is 39.0 Å². The van der Waals surface area contributed by atoms with E-state index in [0.717, 1.165) is 21.2 Å². The summed E-state index contributed by atoms with van der Waals surface area (Å²) >= 11 is 4.75. The minimum atomic E-state index is -0.437. The van der Waals surface area contributed by atoms with Crippen molar-refractivity contribution in [2.75, 3.05) is 0 Å². The zero-order valence-corrected chi connectivity index (χ0v) is 16.6. The summed E-state index contributed by atoms with van der Waals surface area (Å²) in [4.78, 5) is 29.9. The number of hydrogen-bond donors (Lipinski definition) is 1. The predicted octanol–water partition coefficient (Wildman–Crippen LogP) is 4.05. The van der Waals surface area contributed by atoms with Gasteiger partial charge in [0.15, 0.2) is 10.8 Å². The summed E-state index contributed by atoms with van der Waals surface area (Å²) in [6, 6.07) is 14.0. The SMILES string of the molecule is O=c1[nH]c(SCc2ccc([N+](=O)[O-])cc2)nc2c(-c3ccc(Br)cc3)cnn12. The summed E-state index contributed by atoms with van der Waals surface area (Å²) < 4.78 is 2.19. The first kappa shape index (κ1) is 18.4. The molecule has 8 nitrogen and oxygen atoms in total. The van der Waals surface area contributed by atoms with Gasteiger partial charge in [-0.2, -0.15) is 9.61 Å². The largest absolute Gasteiger partial charge is 0.350 e. The summed E-state index contributed by atoms with van der Waals surface area (Å²) in [6.07, 6.45) is 1.62. The van der Waals surface area contributed by atoms with Crippen LogP contribution in [0.4, 0.5) is 5.69 Å². The third-order valence-corrected chi connectivity index (χ3v) is 5.51. The van der Waals surface area contributed by atoms with Crippen LogP contribution in [0.5, 0.6) is 0 Å². The number of rotatable bonds is 5. The monoisotopic (exact) mass is 457 g/mol. The van der Waals surface area contributed by atoms with Crippen LogP contribution >= 0.6 is 27.7 Å². The van der Waals surface area contributed by atoms with E-state index in [1.165, 1.54) is 28.4 Å². The lowest BCUT2D eigenvalue weighted by Gasteiger charge is -2.03. The molecule has 0 saturated heterocycles. The third kappa shape index (κ3) is 3.69. The second-order valence-electron chi connectivity index (χ2n) is 5.86. The number of nitrogens with one attached hydrogen (secondary N) is 1. The van der Waals surface area contributed by atoms with E-state index < -0.39 is 4.92 Å². The highest BCUT2D eigenvalue weighted by Crippen LogP contribution is 2.26. The molecule has 0 amide bonds. The van der Waals surface area contributed by atoms with Gasteiger partial charge in [-0.15, -0.1) is 0 Å². The van der Waals surface area contributed by atoms with Gasteiger partial charge in [0.05, 0.1) is 11.1 Å². The summed E-state index contributed by atoms with van der Waals surface area (Å²) in [7, 11) is 0. The lowest BCUT2D eigenvalue weighted by atomic mass is 10.1. The van der Waals surface area contributed by atoms with Gasteiger partial charge in [0, 0.05) is 27.9 Å². The molecule has 28 heavy (non-hydrogen) atoms. The van der Waals surface area contributed by atoms with Crippen LogP contribution in [0.2, 0.25) is 0 Å². The molecule has 0 aliphatic carbocycles. The van der Waals surface area contributed by atoms with Crippen LogP contribution in [0.3, 0.4) is 0 Å². The van der Waals surface area contributed by atoms with Gasteiger partial charge >= 0.3 is 5.69 Å². The number of halogens is 1. The lowest BCUT2D eigenvalue weighted by Crippen LogP contribution is -2.19. The van der Waals surface area contributed by atoms with Crippen molar-refractivity contribution in [2.24, 2.45) is 0 Å². The first-order valence-corrected chi connectivity index (χ1v) is 9.89. The highest BCUT2D eigenvalue weighted by atomic mass is 79.9. The zero-order chi connectivity index (χ0) is 19.7. The maximum absolute atomic E-state index is 12.3. The van der Waals surface area contributed by atoms with Crippen molar-refractivity contribution in [3.63, 3.8) is 0 Å². The van der Waals surface area contributed by atoms with Crippen LogP contribution in [0.25, 0.3) is 16.8 Å². The Morgan fingerprint density at radius 3 is 2.54 bits per heavy atom. The number of aromatic amines is 1. The molecule has 4 aromatic rings. The van der Waals surface area contributed by atoms with E-state index in [9.17, 15) is 14.9 Å². The minimum Gasteiger partial charge on any atom is -0.285 e. The van der Waals surface area contributed by atoms with E-state index >= 15 is 0 Å². The molecule has 0 spiro atoms. The van der Waals surface area contributed by atoms with E-state index in [1.54, 1.807) is 18.3 Å². The number of thioether (sulfide) groups is 1. The van der Waals surface area contributed by atoms with Crippen LogP contribution in [0.1, 0.15) is 5.56 Å². The molecule has 0 unspecified atom stereocenters. The maximum atomic E-state index is 12.3. The molecule has 0 radical (unpaired) electrons. The van der Waals surface area contributed by atoms with Crippen molar-refractivity contribution in [3.8, 4) is 11.1 Å². The molecule has 2 heterocycles.